The summed E-state index contributed by atoms with van der Waals surface area (Å²) in [5, 5.41) is 3.03. The van der Waals surface area contributed by atoms with Gasteiger partial charge >= 0.3 is 0 Å². The summed E-state index contributed by atoms with van der Waals surface area (Å²) in [7, 11) is 0. The fraction of sp³-hybridized carbons (Fsp3) is 0.480. The lowest BCUT2D eigenvalue weighted by atomic mass is 10.0. The molecule has 3 rings (SSSR count). The predicted octanol–water partition coefficient (Wildman–Crippen LogP) is 3.83. The van der Waals surface area contributed by atoms with Crippen molar-refractivity contribution < 1.29 is 9.59 Å². The van der Waals surface area contributed by atoms with Gasteiger partial charge in [-0.15, -0.1) is 0 Å². The molecular weight excluding hydrogens is 388 g/mol. The van der Waals surface area contributed by atoms with Crippen molar-refractivity contribution in [2.75, 3.05) is 31.1 Å². The van der Waals surface area contributed by atoms with Crippen LogP contribution in [-0.4, -0.2) is 53.9 Å². The molecule has 1 aromatic carbocycles. The van der Waals surface area contributed by atoms with Gasteiger partial charge in [0.05, 0.1) is 5.56 Å². The first-order valence-corrected chi connectivity index (χ1v) is 11.1. The number of nitrogens with zero attached hydrogens (tertiary/aromatic N) is 3. The molecule has 1 unspecified atom stereocenters. The van der Waals surface area contributed by atoms with Crippen molar-refractivity contribution in [3.63, 3.8) is 0 Å². The van der Waals surface area contributed by atoms with Crippen LogP contribution in [0.2, 0.25) is 0 Å². The van der Waals surface area contributed by atoms with Crippen LogP contribution in [-0.2, 0) is 0 Å². The molecule has 0 spiro atoms. The minimum absolute atomic E-state index is 0.0870. The fourth-order valence-electron chi connectivity index (χ4n) is 4.14. The van der Waals surface area contributed by atoms with E-state index in [-0.39, 0.29) is 17.9 Å². The zero-order valence-corrected chi connectivity index (χ0v) is 19.3. The van der Waals surface area contributed by atoms with Crippen molar-refractivity contribution in [2.24, 2.45) is 5.92 Å². The molecule has 0 saturated carbocycles. The number of hydrogen-bond donors (Lipinski definition) is 1. The Morgan fingerprint density at radius 1 is 1.03 bits per heavy atom. The SMILES string of the molecule is Cc1ccc(C(=O)N2CCN(c3ccc(C(=O)NC(C)CC(C)C)cn3)CC2)c(C)c1. The van der Waals surface area contributed by atoms with Crippen molar-refractivity contribution in [1.82, 2.24) is 15.2 Å². The standard InChI is InChI=1S/C25H34N4O2/c1-17(2)14-20(5)27-24(30)21-7-9-23(26-16-21)28-10-12-29(13-11-28)25(31)22-8-6-18(3)15-19(22)4/h6-9,15-17,20H,10-14H2,1-5H3,(H,27,30). The third kappa shape index (κ3) is 5.84. The summed E-state index contributed by atoms with van der Waals surface area (Å²) < 4.78 is 0. The van der Waals surface area contributed by atoms with Gasteiger partial charge in [0.25, 0.3) is 11.8 Å². The molecule has 0 aliphatic carbocycles. The molecule has 1 aromatic heterocycles. The maximum Gasteiger partial charge on any atom is 0.254 e. The van der Waals surface area contributed by atoms with Gasteiger partial charge in [-0.3, -0.25) is 9.59 Å². The van der Waals surface area contributed by atoms with Crippen molar-refractivity contribution in [1.29, 1.82) is 0 Å². The molecule has 166 valence electrons. The number of anilines is 1. The molecule has 2 aromatic rings. The molecule has 6 heteroatoms. The van der Waals surface area contributed by atoms with E-state index in [1.807, 2.05) is 49.9 Å². The molecule has 6 nitrogen and oxygen atoms in total. The molecule has 0 radical (unpaired) electrons. The number of carbonyl (C=O) groups excluding carboxylic acids is 2. The summed E-state index contributed by atoms with van der Waals surface area (Å²) in [5.41, 5.74) is 3.53. The Balaban J connectivity index is 1.56. The molecule has 1 aliphatic rings. The number of carbonyl (C=O) groups is 2. The molecule has 31 heavy (non-hydrogen) atoms. The third-order valence-electron chi connectivity index (χ3n) is 5.72. The Kier molecular flexibility index (Phi) is 7.31. The zero-order chi connectivity index (χ0) is 22.5. The number of pyridine rings is 1. The molecule has 1 N–H and O–H groups in total. The number of rotatable bonds is 6. The molecule has 0 bridgehead atoms. The van der Waals surface area contributed by atoms with E-state index in [0.29, 0.717) is 24.6 Å². The van der Waals surface area contributed by atoms with Crippen LogP contribution in [0.3, 0.4) is 0 Å². The van der Waals surface area contributed by atoms with E-state index in [1.54, 1.807) is 6.20 Å². The van der Waals surface area contributed by atoms with Gasteiger partial charge in [-0.2, -0.15) is 0 Å². The van der Waals surface area contributed by atoms with Gasteiger partial charge in [-0.1, -0.05) is 31.5 Å². The van der Waals surface area contributed by atoms with E-state index >= 15 is 0 Å². The van der Waals surface area contributed by atoms with Gasteiger partial charge in [-0.25, -0.2) is 4.98 Å². The van der Waals surface area contributed by atoms with Crippen LogP contribution < -0.4 is 10.2 Å². The van der Waals surface area contributed by atoms with E-state index in [9.17, 15) is 9.59 Å². The van der Waals surface area contributed by atoms with Crippen LogP contribution >= 0.6 is 0 Å². The third-order valence-corrected chi connectivity index (χ3v) is 5.72. The van der Waals surface area contributed by atoms with E-state index < -0.39 is 0 Å². The Labute approximate surface area is 185 Å². The highest BCUT2D eigenvalue weighted by Gasteiger charge is 2.24. The zero-order valence-electron chi connectivity index (χ0n) is 19.3. The predicted molar refractivity (Wildman–Crippen MR) is 125 cm³/mol. The smallest absolute Gasteiger partial charge is 0.254 e. The first-order chi connectivity index (χ1) is 14.7. The monoisotopic (exact) mass is 422 g/mol. The van der Waals surface area contributed by atoms with Gasteiger partial charge in [0, 0.05) is 44.0 Å². The normalized spacial score (nSPS) is 15.2. The molecule has 1 saturated heterocycles. The highest BCUT2D eigenvalue weighted by atomic mass is 16.2. The summed E-state index contributed by atoms with van der Waals surface area (Å²) in [6, 6.07) is 9.81. The number of aryl methyl sites for hydroxylation is 2. The maximum absolute atomic E-state index is 12.9. The van der Waals surface area contributed by atoms with Gasteiger partial charge in [0.1, 0.15) is 5.82 Å². The lowest BCUT2D eigenvalue weighted by Crippen LogP contribution is -2.49. The second kappa shape index (κ2) is 9.94. The highest BCUT2D eigenvalue weighted by Crippen LogP contribution is 2.18. The topological polar surface area (TPSA) is 65.5 Å². The summed E-state index contributed by atoms with van der Waals surface area (Å²) in [4.78, 5) is 33.9. The average Bonchev–Trinajstić information content (AvgIpc) is 2.73. The molecule has 1 aliphatic heterocycles. The summed E-state index contributed by atoms with van der Waals surface area (Å²) in [6.07, 6.45) is 2.59. The number of aromatic nitrogens is 1. The summed E-state index contributed by atoms with van der Waals surface area (Å²) >= 11 is 0. The molecule has 1 atom stereocenters. The Bertz CT molecular complexity index is 916. The number of nitrogens with one attached hydrogen (secondary N) is 1. The van der Waals surface area contributed by atoms with Crippen LogP contribution in [0.5, 0.6) is 0 Å². The van der Waals surface area contributed by atoms with Crippen molar-refractivity contribution >= 4 is 17.6 Å². The van der Waals surface area contributed by atoms with Crippen LogP contribution in [0.15, 0.2) is 36.5 Å². The van der Waals surface area contributed by atoms with Gasteiger partial charge in [0.2, 0.25) is 0 Å². The van der Waals surface area contributed by atoms with Crippen molar-refractivity contribution in [2.45, 2.75) is 47.1 Å². The molecule has 1 fully saturated rings. The Hall–Kier alpha value is -2.89. The average molecular weight is 423 g/mol. The van der Waals surface area contributed by atoms with E-state index in [1.165, 1.54) is 0 Å². The first kappa shape index (κ1) is 22.8. The summed E-state index contributed by atoms with van der Waals surface area (Å²) in [6.45, 7) is 13.1. The van der Waals surface area contributed by atoms with Crippen LogP contribution in [0.4, 0.5) is 5.82 Å². The Morgan fingerprint density at radius 2 is 1.74 bits per heavy atom. The second-order valence-electron chi connectivity index (χ2n) is 9.01. The van der Waals surface area contributed by atoms with E-state index in [0.717, 1.165) is 42.0 Å². The molecular formula is C25H34N4O2. The number of amides is 2. The lowest BCUT2D eigenvalue weighted by molar-refractivity contribution is 0.0745. The van der Waals surface area contributed by atoms with Crippen LogP contribution in [0.1, 0.15) is 59.0 Å². The number of hydrogen-bond acceptors (Lipinski definition) is 4. The van der Waals surface area contributed by atoms with E-state index in [4.69, 9.17) is 0 Å². The fourth-order valence-corrected chi connectivity index (χ4v) is 4.14. The van der Waals surface area contributed by atoms with E-state index in [2.05, 4.69) is 35.1 Å². The lowest BCUT2D eigenvalue weighted by Gasteiger charge is -2.35. The first-order valence-electron chi connectivity index (χ1n) is 11.1. The molecule has 2 heterocycles. The van der Waals surface area contributed by atoms with Crippen molar-refractivity contribution in [3.8, 4) is 0 Å². The molecule has 2 amide bonds. The van der Waals surface area contributed by atoms with Gasteiger partial charge in [-0.05, 0) is 56.9 Å². The van der Waals surface area contributed by atoms with Crippen molar-refractivity contribution in [3.05, 3.63) is 58.8 Å². The quantitative estimate of drug-likeness (QED) is 0.768. The largest absolute Gasteiger partial charge is 0.353 e. The van der Waals surface area contributed by atoms with Crippen LogP contribution in [0, 0.1) is 19.8 Å². The summed E-state index contributed by atoms with van der Waals surface area (Å²) in [5.74, 6) is 1.38. The Morgan fingerprint density at radius 3 is 2.32 bits per heavy atom. The maximum atomic E-state index is 12.9. The van der Waals surface area contributed by atoms with Gasteiger partial charge < -0.3 is 15.1 Å². The van der Waals surface area contributed by atoms with Gasteiger partial charge in [0.15, 0.2) is 0 Å². The number of piperazine rings is 1. The second-order valence-corrected chi connectivity index (χ2v) is 9.01. The minimum atomic E-state index is -0.0870. The highest BCUT2D eigenvalue weighted by molar-refractivity contribution is 5.96. The van der Waals surface area contributed by atoms with Crippen LogP contribution in [0.25, 0.3) is 0 Å². The number of benzene rings is 1. The minimum Gasteiger partial charge on any atom is -0.353 e.